The van der Waals surface area contributed by atoms with Gasteiger partial charge in [-0.2, -0.15) is 0 Å². The van der Waals surface area contributed by atoms with Gasteiger partial charge < -0.3 is 16.4 Å². The zero-order valence-corrected chi connectivity index (χ0v) is 15.9. The second-order valence-electron chi connectivity index (χ2n) is 6.32. The molecule has 1 unspecified atom stereocenters. The van der Waals surface area contributed by atoms with Crippen LogP contribution in [-0.2, 0) is 4.79 Å². The molecule has 1 saturated carbocycles. The van der Waals surface area contributed by atoms with Gasteiger partial charge in [0.25, 0.3) is 5.91 Å². The van der Waals surface area contributed by atoms with Crippen molar-refractivity contribution in [2.75, 3.05) is 5.32 Å². The first-order chi connectivity index (χ1) is 11.9. The maximum atomic E-state index is 12.4. The third kappa shape index (κ3) is 4.97. The topological polar surface area (TPSA) is 84.2 Å². The molecule has 138 valence electrons. The minimum atomic E-state index is -0.792. The molecule has 1 fully saturated rings. The Labute approximate surface area is 163 Å². The van der Waals surface area contributed by atoms with Crippen LogP contribution in [0.4, 0.5) is 5.69 Å². The maximum Gasteiger partial charge on any atom is 0.253 e. The molecule has 0 heterocycles. The van der Waals surface area contributed by atoms with Crippen molar-refractivity contribution in [3.05, 3.63) is 64.2 Å². The lowest BCUT2D eigenvalue weighted by Gasteiger charge is -2.14. The Bertz CT molecular complexity index is 805. The quantitative estimate of drug-likeness (QED) is 0.725. The fourth-order valence-electron chi connectivity index (χ4n) is 2.41. The summed E-state index contributed by atoms with van der Waals surface area (Å²) in [5.74, 6) is -0.578. The van der Waals surface area contributed by atoms with Crippen molar-refractivity contribution in [3.8, 4) is 0 Å². The predicted octanol–water partition coefficient (Wildman–Crippen LogP) is 3.60. The largest absolute Gasteiger partial charge is 0.349 e. The molecule has 0 spiro atoms. The van der Waals surface area contributed by atoms with Gasteiger partial charge in [0.1, 0.15) is 6.04 Å². The zero-order chi connectivity index (χ0) is 18.0. The second kappa shape index (κ2) is 8.54. The summed E-state index contributed by atoms with van der Waals surface area (Å²) in [5, 5.41) is 5.97. The second-order valence-corrected chi connectivity index (χ2v) is 6.73. The molecule has 4 N–H and O–H groups in total. The van der Waals surface area contributed by atoms with E-state index in [2.05, 4.69) is 10.6 Å². The summed E-state index contributed by atoms with van der Waals surface area (Å²) in [5.41, 5.74) is 8.67. The maximum absolute atomic E-state index is 12.4. The Balaban J connectivity index is 0.00000243. The monoisotopic (exact) mass is 393 g/mol. The number of halogens is 2. The summed E-state index contributed by atoms with van der Waals surface area (Å²) in [6, 6.07) is 11.7. The SMILES string of the molecule is Cc1ccc(C(N)C(=O)Nc2ccc(Cl)c(C(=O)NC3CC3)c2)cc1.Cl. The third-order valence-electron chi connectivity index (χ3n) is 4.11. The number of amides is 2. The smallest absolute Gasteiger partial charge is 0.253 e. The highest BCUT2D eigenvalue weighted by Gasteiger charge is 2.25. The minimum Gasteiger partial charge on any atom is -0.349 e. The summed E-state index contributed by atoms with van der Waals surface area (Å²) < 4.78 is 0. The van der Waals surface area contributed by atoms with Gasteiger partial charge in [0.2, 0.25) is 5.91 Å². The molecule has 0 aliphatic heterocycles. The van der Waals surface area contributed by atoms with Crippen LogP contribution in [-0.4, -0.2) is 17.9 Å². The summed E-state index contributed by atoms with van der Waals surface area (Å²) in [6.07, 6.45) is 1.98. The van der Waals surface area contributed by atoms with Gasteiger partial charge in [-0.15, -0.1) is 12.4 Å². The first-order valence-corrected chi connectivity index (χ1v) is 8.55. The molecule has 5 nitrogen and oxygen atoms in total. The van der Waals surface area contributed by atoms with Crippen molar-refractivity contribution >= 4 is 41.5 Å². The van der Waals surface area contributed by atoms with Crippen LogP contribution < -0.4 is 16.4 Å². The lowest BCUT2D eigenvalue weighted by atomic mass is 10.1. The van der Waals surface area contributed by atoms with E-state index in [1.165, 1.54) is 0 Å². The molecule has 0 radical (unpaired) electrons. The number of hydrogen-bond donors (Lipinski definition) is 3. The Hall–Kier alpha value is -2.08. The molecule has 2 aromatic rings. The normalized spacial score (nSPS) is 14.1. The van der Waals surface area contributed by atoms with Gasteiger partial charge in [-0.05, 0) is 43.5 Å². The van der Waals surface area contributed by atoms with Crippen LogP contribution in [0.3, 0.4) is 0 Å². The van der Waals surface area contributed by atoms with Gasteiger partial charge >= 0.3 is 0 Å². The number of hydrogen-bond acceptors (Lipinski definition) is 3. The van der Waals surface area contributed by atoms with Gasteiger partial charge in [-0.1, -0.05) is 41.4 Å². The number of carbonyl (C=O) groups is 2. The molecule has 1 aliphatic rings. The van der Waals surface area contributed by atoms with E-state index < -0.39 is 6.04 Å². The molecule has 0 saturated heterocycles. The molecule has 1 atom stereocenters. The van der Waals surface area contributed by atoms with E-state index in [-0.39, 0.29) is 30.3 Å². The predicted molar refractivity (Wildman–Crippen MR) is 106 cm³/mol. The van der Waals surface area contributed by atoms with Crippen LogP contribution in [0.25, 0.3) is 0 Å². The van der Waals surface area contributed by atoms with Crippen molar-refractivity contribution in [3.63, 3.8) is 0 Å². The zero-order valence-electron chi connectivity index (χ0n) is 14.3. The highest BCUT2D eigenvalue weighted by atomic mass is 35.5. The van der Waals surface area contributed by atoms with Crippen molar-refractivity contribution < 1.29 is 9.59 Å². The molecule has 2 amide bonds. The Morgan fingerprint density at radius 3 is 2.42 bits per heavy atom. The van der Waals surface area contributed by atoms with Crippen molar-refractivity contribution in [1.29, 1.82) is 0 Å². The van der Waals surface area contributed by atoms with Crippen LogP contribution in [0.5, 0.6) is 0 Å². The molecule has 2 aromatic carbocycles. The standard InChI is InChI=1S/C19H20ClN3O2.ClH/c1-11-2-4-12(5-3-11)17(21)19(25)23-14-8-9-16(20)15(10-14)18(24)22-13-6-7-13;/h2-5,8-10,13,17H,6-7,21H2,1H3,(H,22,24)(H,23,25);1H. The van der Waals surface area contributed by atoms with Gasteiger partial charge in [0.15, 0.2) is 0 Å². The highest BCUT2D eigenvalue weighted by Crippen LogP contribution is 2.24. The Morgan fingerprint density at radius 2 is 1.81 bits per heavy atom. The first-order valence-electron chi connectivity index (χ1n) is 8.17. The third-order valence-corrected chi connectivity index (χ3v) is 4.44. The van der Waals surface area contributed by atoms with E-state index in [1.54, 1.807) is 18.2 Å². The van der Waals surface area contributed by atoms with Crippen LogP contribution in [0, 0.1) is 6.92 Å². The lowest BCUT2D eigenvalue weighted by Crippen LogP contribution is -2.28. The first kappa shape index (κ1) is 20.2. The molecule has 0 bridgehead atoms. The Morgan fingerprint density at radius 1 is 1.15 bits per heavy atom. The number of anilines is 1. The summed E-state index contributed by atoms with van der Waals surface area (Å²) in [6.45, 7) is 1.97. The fraction of sp³-hybridized carbons (Fsp3) is 0.263. The van der Waals surface area contributed by atoms with Crippen LogP contribution in [0.2, 0.25) is 5.02 Å². The van der Waals surface area contributed by atoms with E-state index >= 15 is 0 Å². The van der Waals surface area contributed by atoms with E-state index in [0.29, 0.717) is 16.3 Å². The summed E-state index contributed by atoms with van der Waals surface area (Å²) in [4.78, 5) is 24.6. The molecule has 1 aliphatic carbocycles. The van der Waals surface area contributed by atoms with E-state index in [0.717, 1.165) is 24.0 Å². The van der Waals surface area contributed by atoms with Gasteiger partial charge in [0, 0.05) is 11.7 Å². The van der Waals surface area contributed by atoms with Crippen LogP contribution in [0.15, 0.2) is 42.5 Å². The molecule has 0 aromatic heterocycles. The molecule has 3 rings (SSSR count). The highest BCUT2D eigenvalue weighted by molar-refractivity contribution is 6.34. The molecule has 7 heteroatoms. The van der Waals surface area contributed by atoms with Crippen molar-refractivity contribution in [2.24, 2.45) is 5.73 Å². The summed E-state index contributed by atoms with van der Waals surface area (Å²) in [7, 11) is 0. The van der Waals surface area contributed by atoms with Gasteiger partial charge in [-0.25, -0.2) is 0 Å². The lowest BCUT2D eigenvalue weighted by molar-refractivity contribution is -0.117. The number of nitrogens with two attached hydrogens (primary N) is 1. The molecular formula is C19H21Cl2N3O2. The van der Waals surface area contributed by atoms with Gasteiger partial charge in [-0.3, -0.25) is 9.59 Å². The number of carbonyl (C=O) groups excluding carboxylic acids is 2. The van der Waals surface area contributed by atoms with Crippen molar-refractivity contribution in [2.45, 2.75) is 31.8 Å². The minimum absolute atomic E-state index is 0. The number of nitrogens with one attached hydrogen (secondary N) is 2. The van der Waals surface area contributed by atoms with E-state index in [4.69, 9.17) is 17.3 Å². The van der Waals surface area contributed by atoms with Crippen LogP contribution >= 0.6 is 24.0 Å². The molecular weight excluding hydrogens is 373 g/mol. The average Bonchev–Trinajstić information content (AvgIpc) is 3.40. The van der Waals surface area contributed by atoms with Crippen LogP contribution in [0.1, 0.15) is 40.4 Å². The summed E-state index contributed by atoms with van der Waals surface area (Å²) >= 11 is 6.11. The number of rotatable bonds is 5. The molecule has 26 heavy (non-hydrogen) atoms. The van der Waals surface area contributed by atoms with E-state index in [1.807, 2.05) is 31.2 Å². The fourth-order valence-corrected chi connectivity index (χ4v) is 2.62. The van der Waals surface area contributed by atoms with Gasteiger partial charge in [0.05, 0.1) is 10.6 Å². The van der Waals surface area contributed by atoms with Crippen molar-refractivity contribution in [1.82, 2.24) is 5.32 Å². The number of benzene rings is 2. The Kier molecular flexibility index (Phi) is 6.64. The average molecular weight is 394 g/mol. The number of aryl methyl sites for hydroxylation is 1. The van der Waals surface area contributed by atoms with E-state index in [9.17, 15) is 9.59 Å².